The summed E-state index contributed by atoms with van der Waals surface area (Å²) in [4.78, 5) is 13.4. The SMILES string of the molecule is CNC(=O)CCN1CCCC1COC. The highest BCUT2D eigenvalue weighted by molar-refractivity contribution is 5.75. The number of nitrogens with one attached hydrogen (secondary N) is 1. The summed E-state index contributed by atoms with van der Waals surface area (Å²) < 4.78 is 5.15. The van der Waals surface area contributed by atoms with Gasteiger partial charge in [0.1, 0.15) is 0 Å². The van der Waals surface area contributed by atoms with Gasteiger partial charge < -0.3 is 10.1 Å². The van der Waals surface area contributed by atoms with Gasteiger partial charge in [0.05, 0.1) is 6.61 Å². The molecule has 4 nitrogen and oxygen atoms in total. The smallest absolute Gasteiger partial charge is 0.221 e. The Labute approximate surface area is 85.6 Å². The molecule has 0 aromatic carbocycles. The third-order valence-electron chi connectivity index (χ3n) is 2.76. The minimum atomic E-state index is 0.119. The number of hydrogen-bond acceptors (Lipinski definition) is 3. The Morgan fingerprint density at radius 3 is 3.07 bits per heavy atom. The molecule has 82 valence electrons. The van der Waals surface area contributed by atoms with E-state index in [-0.39, 0.29) is 5.91 Å². The van der Waals surface area contributed by atoms with Gasteiger partial charge in [-0.05, 0) is 19.4 Å². The number of carbonyl (C=O) groups is 1. The third kappa shape index (κ3) is 3.27. The van der Waals surface area contributed by atoms with Crippen molar-refractivity contribution in [1.29, 1.82) is 0 Å². The van der Waals surface area contributed by atoms with Crippen LogP contribution >= 0.6 is 0 Å². The van der Waals surface area contributed by atoms with Gasteiger partial charge in [-0.2, -0.15) is 0 Å². The number of ether oxygens (including phenoxy) is 1. The molecular formula is C10H20N2O2. The third-order valence-corrected chi connectivity index (χ3v) is 2.76. The Morgan fingerprint density at radius 1 is 1.64 bits per heavy atom. The normalized spacial score (nSPS) is 22.6. The summed E-state index contributed by atoms with van der Waals surface area (Å²) in [6.45, 7) is 2.74. The molecule has 0 bridgehead atoms. The van der Waals surface area contributed by atoms with E-state index in [4.69, 9.17) is 4.74 Å². The summed E-state index contributed by atoms with van der Waals surface area (Å²) in [5.41, 5.74) is 0. The fourth-order valence-electron chi connectivity index (χ4n) is 1.94. The second-order valence-electron chi connectivity index (χ2n) is 3.71. The highest BCUT2D eigenvalue weighted by Crippen LogP contribution is 2.17. The van der Waals surface area contributed by atoms with Gasteiger partial charge in [-0.25, -0.2) is 0 Å². The quantitative estimate of drug-likeness (QED) is 0.691. The minimum absolute atomic E-state index is 0.119. The summed E-state index contributed by atoms with van der Waals surface area (Å²) in [6.07, 6.45) is 3.01. The standard InChI is InChI=1S/C10H20N2O2/c1-11-10(13)5-7-12-6-3-4-9(12)8-14-2/h9H,3-8H2,1-2H3,(H,11,13). The first kappa shape index (κ1) is 11.5. The van der Waals surface area contributed by atoms with E-state index in [1.165, 1.54) is 12.8 Å². The minimum Gasteiger partial charge on any atom is -0.383 e. The molecule has 0 aliphatic carbocycles. The lowest BCUT2D eigenvalue weighted by Crippen LogP contribution is -2.35. The van der Waals surface area contributed by atoms with Crippen LogP contribution in [-0.4, -0.2) is 50.7 Å². The molecule has 14 heavy (non-hydrogen) atoms. The number of amides is 1. The number of nitrogens with zero attached hydrogens (tertiary/aromatic N) is 1. The molecule has 1 fully saturated rings. The molecule has 0 radical (unpaired) electrons. The van der Waals surface area contributed by atoms with Crippen LogP contribution < -0.4 is 5.32 Å². The Morgan fingerprint density at radius 2 is 2.43 bits per heavy atom. The first-order valence-corrected chi connectivity index (χ1v) is 5.21. The zero-order chi connectivity index (χ0) is 10.4. The molecule has 4 heteroatoms. The van der Waals surface area contributed by atoms with Crippen molar-refractivity contribution in [2.45, 2.75) is 25.3 Å². The molecule has 1 aliphatic heterocycles. The predicted octanol–water partition coefficient (Wildman–Crippen LogP) is 0.233. The number of carbonyl (C=O) groups excluding carboxylic acids is 1. The second kappa shape index (κ2) is 5.98. The Kier molecular flexibility index (Phi) is 4.90. The summed E-state index contributed by atoms with van der Waals surface area (Å²) in [6, 6.07) is 0.518. The van der Waals surface area contributed by atoms with Gasteiger partial charge in [-0.3, -0.25) is 9.69 Å². The van der Waals surface area contributed by atoms with Crippen molar-refractivity contribution in [3.05, 3.63) is 0 Å². The van der Waals surface area contributed by atoms with E-state index in [0.29, 0.717) is 12.5 Å². The topological polar surface area (TPSA) is 41.6 Å². The maximum absolute atomic E-state index is 11.1. The molecule has 0 aromatic heterocycles. The first-order valence-electron chi connectivity index (χ1n) is 5.21. The van der Waals surface area contributed by atoms with Crippen molar-refractivity contribution < 1.29 is 9.53 Å². The van der Waals surface area contributed by atoms with Gasteiger partial charge in [0.2, 0.25) is 5.91 Å². The van der Waals surface area contributed by atoms with Crippen LogP contribution in [0.25, 0.3) is 0 Å². The summed E-state index contributed by atoms with van der Waals surface area (Å²) in [7, 11) is 3.41. The van der Waals surface area contributed by atoms with E-state index in [1.54, 1.807) is 14.2 Å². The summed E-state index contributed by atoms with van der Waals surface area (Å²) >= 11 is 0. The largest absolute Gasteiger partial charge is 0.383 e. The van der Waals surface area contributed by atoms with E-state index in [2.05, 4.69) is 10.2 Å². The fraction of sp³-hybridized carbons (Fsp3) is 0.900. The van der Waals surface area contributed by atoms with Crippen molar-refractivity contribution in [3.63, 3.8) is 0 Å². The highest BCUT2D eigenvalue weighted by Gasteiger charge is 2.24. The average molecular weight is 200 g/mol. The van der Waals surface area contributed by atoms with E-state index < -0.39 is 0 Å². The van der Waals surface area contributed by atoms with E-state index in [9.17, 15) is 4.79 Å². The lowest BCUT2D eigenvalue weighted by atomic mass is 10.2. The van der Waals surface area contributed by atoms with Crippen LogP contribution in [0.3, 0.4) is 0 Å². The molecule has 1 unspecified atom stereocenters. The number of methoxy groups -OCH3 is 1. The maximum atomic E-state index is 11.1. The maximum Gasteiger partial charge on any atom is 0.221 e. The van der Waals surface area contributed by atoms with Crippen molar-refractivity contribution in [1.82, 2.24) is 10.2 Å². The predicted molar refractivity (Wildman–Crippen MR) is 55.2 cm³/mol. The van der Waals surface area contributed by atoms with Crippen LogP contribution in [0.2, 0.25) is 0 Å². The van der Waals surface area contributed by atoms with Crippen LogP contribution in [0.15, 0.2) is 0 Å². The van der Waals surface area contributed by atoms with Gasteiger partial charge in [0, 0.05) is 33.2 Å². The molecule has 1 atom stereocenters. The zero-order valence-corrected chi connectivity index (χ0v) is 9.08. The van der Waals surface area contributed by atoms with Crippen molar-refractivity contribution in [3.8, 4) is 0 Å². The molecule has 1 aliphatic rings. The van der Waals surface area contributed by atoms with Crippen LogP contribution in [0.1, 0.15) is 19.3 Å². The highest BCUT2D eigenvalue weighted by atomic mass is 16.5. The molecule has 0 saturated carbocycles. The molecule has 1 heterocycles. The molecule has 0 aromatic rings. The van der Waals surface area contributed by atoms with Crippen molar-refractivity contribution >= 4 is 5.91 Å². The van der Waals surface area contributed by atoms with Crippen LogP contribution in [0, 0.1) is 0 Å². The molecule has 1 N–H and O–H groups in total. The zero-order valence-electron chi connectivity index (χ0n) is 9.08. The first-order chi connectivity index (χ1) is 6.77. The van der Waals surface area contributed by atoms with Crippen LogP contribution in [0.5, 0.6) is 0 Å². The van der Waals surface area contributed by atoms with Gasteiger partial charge in [-0.1, -0.05) is 0 Å². The molecule has 1 rings (SSSR count). The second-order valence-corrected chi connectivity index (χ2v) is 3.71. The average Bonchev–Trinajstić information content (AvgIpc) is 2.62. The molecule has 0 spiro atoms. The van der Waals surface area contributed by atoms with Crippen molar-refractivity contribution in [2.75, 3.05) is 33.9 Å². The van der Waals surface area contributed by atoms with Gasteiger partial charge >= 0.3 is 0 Å². The number of rotatable bonds is 5. The van der Waals surface area contributed by atoms with E-state index >= 15 is 0 Å². The van der Waals surface area contributed by atoms with Crippen LogP contribution in [-0.2, 0) is 9.53 Å². The summed E-state index contributed by atoms with van der Waals surface area (Å²) in [5.74, 6) is 0.119. The lowest BCUT2D eigenvalue weighted by Gasteiger charge is -2.23. The lowest BCUT2D eigenvalue weighted by molar-refractivity contribution is -0.121. The van der Waals surface area contributed by atoms with Crippen LogP contribution in [0.4, 0.5) is 0 Å². The monoisotopic (exact) mass is 200 g/mol. The summed E-state index contributed by atoms with van der Waals surface area (Å²) in [5, 5.41) is 2.64. The fourth-order valence-corrected chi connectivity index (χ4v) is 1.94. The Balaban J connectivity index is 2.25. The molecular weight excluding hydrogens is 180 g/mol. The van der Waals surface area contributed by atoms with Gasteiger partial charge in [-0.15, -0.1) is 0 Å². The van der Waals surface area contributed by atoms with Crippen molar-refractivity contribution in [2.24, 2.45) is 0 Å². The van der Waals surface area contributed by atoms with Gasteiger partial charge in [0.15, 0.2) is 0 Å². The molecule has 1 amide bonds. The molecule has 1 saturated heterocycles. The Bertz CT molecular complexity index is 185. The van der Waals surface area contributed by atoms with Gasteiger partial charge in [0.25, 0.3) is 0 Å². The van der Waals surface area contributed by atoms with E-state index in [0.717, 1.165) is 19.7 Å². The Hall–Kier alpha value is -0.610. The number of likely N-dealkylation sites (tertiary alicyclic amines) is 1. The number of hydrogen-bond donors (Lipinski definition) is 1. The van der Waals surface area contributed by atoms with E-state index in [1.807, 2.05) is 0 Å².